The number of para-hydroxylation sites is 1. The van der Waals surface area contributed by atoms with E-state index >= 15 is 0 Å². The fourth-order valence-corrected chi connectivity index (χ4v) is 2.39. The lowest BCUT2D eigenvalue weighted by Crippen LogP contribution is -2.14. The first-order valence-corrected chi connectivity index (χ1v) is 7.01. The summed E-state index contributed by atoms with van der Waals surface area (Å²) in [6.45, 7) is 0. The molecule has 1 amide bonds. The molecule has 1 aromatic carbocycles. The van der Waals surface area contributed by atoms with Gasteiger partial charge in [0.1, 0.15) is 5.69 Å². The molecule has 106 valence electrons. The molecule has 21 heavy (non-hydrogen) atoms. The van der Waals surface area contributed by atoms with Crippen molar-refractivity contribution in [1.82, 2.24) is 19.3 Å². The SMILES string of the molecule is Cn1cncc1C(=O)Nc1cnn(-c2ccccc2Br)c1. The number of aromatic nitrogens is 4. The van der Waals surface area contributed by atoms with Gasteiger partial charge in [0.25, 0.3) is 5.91 Å². The van der Waals surface area contributed by atoms with Gasteiger partial charge in [-0.2, -0.15) is 5.10 Å². The van der Waals surface area contributed by atoms with E-state index in [1.807, 2.05) is 24.3 Å². The van der Waals surface area contributed by atoms with Gasteiger partial charge in [0.05, 0.1) is 36.3 Å². The van der Waals surface area contributed by atoms with Gasteiger partial charge in [0, 0.05) is 11.5 Å². The number of nitrogens with zero attached hydrogens (tertiary/aromatic N) is 4. The first-order chi connectivity index (χ1) is 10.1. The zero-order valence-electron chi connectivity index (χ0n) is 11.2. The molecule has 2 aromatic heterocycles. The van der Waals surface area contributed by atoms with Gasteiger partial charge in [-0.15, -0.1) is 0 Å². The van der Waals surface area contributed by atoms with Crippen LogP contribution in [-0.4, -0.2) is 25.2 Å². The highest BCUT2D eigenvalue weighted by molar-refractivity contribution is 9.10. The van der Waals surface area contributed by atoms with Crippen molar-refractivity contribution in [3.63, 3.8) is 0 Å². The molecule has 1 N–H and O–H groups in total. The predicted octanol–water partition coefficient (Wildman–Crippen LogP) is 2.62. The average molecular weight is 346 g/mol. The van der Waals surface area contributed by atoms with Crippen LogP contribution >= 0.6 is 15.9 Å². The van der Waals surface area contributed by atoms with Gasteiger partial charge in [0.2, 0.25) is 0 Å². The van der Waals surface area contributed by atoms with Crippen molar-refractivity contribution in [1.29, 1.82) is 0 Å². The average Bonchev–Trinajstić information content (AvgIpc) is 3.08. The maximum absolute atomic E-state index is 12.1. The van der Waals surface area contributed by atoms with E-state index in [0.29, 0.717) is 11.4 Å². The highest BCUT2D eigenvalue weighted by Crippen LogP contribution is 2.21. The van der Waals surface area contributed by atoms with Crippen LogP contribution in [0.3, 0.4) is 0 Å². The highest BCUT2D eigenvalue weighted by Gasteiger charge is 2.11. The Hall–Kier alpha value is -2.41. The number of hydrogen-bond acceptors (Lipinski definition) is 3. The first-order valence-electron chi connectivity index (χ1n) is 6.22. The predicted molar refractivity (Wildman–Crippen MR) is 82.4 cm³/mol. The van der Waals surface area contributed by atoms with Crippen LogP contribution in [0.15, 0.2) is 53.7 Å². The smallest absolute Gasteiger partial charge is 0.274 e. The molecule has 0 bridgehead atoms. The summed E-state index contributed by atoms with van der Waals surface area (Å²) < 4.78 is 4.29. The van der Waals surface area contributed by atoms with Crippen LogP contribution in [0.5, 0.6) is 0 Å². The number of rotatable bonds is 3. The molecule has 7 heteroatoms. The second kappa shape index (κ2) is 5.53. The summed E-state index contributed by atoms with van der Waals surface area (Å²) >= 11 is 3.47. The van der Waals surface area contributed by atoms with Gasteiger partial charge in [-0.25, -0.2) is 9.67 Å². The third kappa shape index (κ3) is 2.73. The summed E-state index contributed by atoms with van der Waals surface area (Å²) in [5.74, 6) is -0.221. The van der Waals surface area contributed by atoms with Crippen molar-refractivity contribution in [2.24, 2.45) is 7.05 Å². The Morgan fingerprint density at radius 1 is 1.29 bits per heavy atom. The van der Waals surface area contributed by atoms with E-state index in [0.717, 1.165) is 10.2 Å². The number of imidazole rings is 1. The molecule has 3 rings (SSSR count). The number of benzene rings is 1. The zero-order valence-corrected chi connectivity index (χ0v) is 12.8. The number of anilines is 1. The molecule has 2 heterocycles. The minimum absolute atomic E-state index is 0.221. The minimum atomic E-state index is -0.221. The number of carbonyl (C=O) groups is 1. The topological polar surface area (TPSA) is 64.7 Å². The normalized spacial score (nSPS) is 10.6. The van der Waals surface area contributed by atoms with Crippen molar-refractivity contribution >= 4 is 27.5 Å². The molecule has 0 saturated carbocycles. The van der Waals surface area contributed by atoms with Gasteiger partial charge >= 0.3 is 0 Å². The van der Waals surface area contributed by atoms with Gasteiger partial charge in [-0.05, 0) is 28.1 Å². The molecule has 6 nitrogen and oxygen atoms in total. The Morgan fingerprint density at radius 2 is 2.10 bits per heavy atom. The van der Waals surface area contributed by atoms with Crippen LogP contribution in [0.4, 0.5) is 5.69 Å². The Balaban J connectivity index is 1.82. The molecule has 0 fully saturated rings. The Labute approximate surface area is 129 Å². The van der Waals surface area contributed by atoms with Gasteiger partial charge < -0.3 is 9.88 Å². The third-order valence-corrected chi connectivity index (χ3v) is 3.66. The lowest BCUT2D eigenvalue weighted by atomic mass is 10.3. The van der Waals surface area contributed by atoms with Gasteiger partial charge in [-0.3, -0.25) is 4.79 Å². The lowest BCUT2D eigenvalue weighted by Gasteiger charge is -2.04. The number of carbonyl (C=O) groups excluding carboxylic acids is 1. The van der Waals surface area contributed by atoms with E-state index in [1.165, 1.54) is 6.20 Å². The van der Waals surface area contributed by atoms with Gasteiger partial charge in [-0.1, -0.05) is 12.1 Å². The van der Waals surface area contributed by atoms with Crippen LogP contribution in [0.1, 0.15) is 10.5 Å². The minimum Gasteiger partial charge on any atom is -0.330 e. The van der Waals surface area contributed by atoms with Crippen LogP contribution in [0.25, 0.3) is 5.69 Å². The maximum atomic E-state index is 12.1. The van der Waals surface area contributed by atoms with Crippen LogP contribution < -0.4 is 5.32 Å². The second-order valence-corrected chi connectivity index (χ2v) is 5.32. The van der Waals surface area contributed by atoms with Crippen molar-refractivity contribution in [3.05, 3.63) is 59.3 Å². The fourth-order valence-electron chi connectivity index (χ4n) is 1.93. The first kappa shape index (κ1) is 13.6. The highest BCUT2D eigenvalue weighted by atomic mass is 79.9. The molecule has 0 spiro atoms. The number of amides is 1. The summed E-state index contributed by atoms with van der Waals surface area (Å²) in [6.07, 6.45) is 6.47. The molecule has 0 saturated heterocycles. The van der Waals surface area contributed by atoms with Crippen molar-refractivity contribution < 1.29 is 4.79 Å². The number of nitrogens with one attached hydrogen (secondary N) is 1. The molecule has 0 aliphatic heterocycles. The van der Waals surface area contributed by atoms with E-state index < -0.39 is 0 Å². The van der Waals surface area contributed by atoms with E-state index in [4.69, 9.17) is 0 Å². The fraction of sp³-hybridized carbons (Fsp3) is 0.0714. The van der Waals surface area contributed by atoms with Crippen molar-refractivity contribution in [3.8, 4) is 5.69 Å². The van der Waals surface area contributed by atoms with Crippen LogP contribution in [-0.2, 0) is 7.05 Å². The summed E-state index contributed by atoms with van der Waals surface area (Å²) in [7, 11) is 1.77. The summed E-state index contributed by atoms with van der Waals surface area (Å²) in [5, 5.41) is 7.05. The molecular weight excluding hydrogens is 334 g/mol. The zero-order chi connectivity index (χ0) is 14.8. The molecule has 3 aromatic rings. The Morgan fingerprint density at radius 3 is 2.81 bits per heavy atom. The second-order valence-electron chi connectivity index (χ2n) is 4.47. The molecule has 0 radical (unpaired) electrons. The van der Waals surface area contributed by atoms with Crippen LogP contribution in [0, 0.1) is 0 Å². The summed E-state index contributed by atoms with van der Waals surface area (Å²) in [5.41, 5.74) is 2.01. The number of halogens is 1. The monoisotopic (exact) mass is 345 g/mol. The summed E-state index contributed by atoms with van der Waals surface area (Å²) in [4.78, 5) is 16.0. The van der Waals surface area contributed by atoms with E-state index in [2.05, 4.69) is 31.3 Å². The molecular formula is C14H12BrN5O. The van der Waals surface area contributed by atoms with Crippen molar-refractivity contribution in [2.45, 2.75) is 0 Å². The quantitative estimate of drug-likeness (QED) is 0.793. The molecule has 0 atom stereocenters. The van der Waals surface area contributed by atoms with Crippen molar-refractivity contribution in [2.75, 3.05) is 5.32 Å². The largest absolute Gasteiger partial charge is 0.330 e. The standard InChI is InChI=1S/C14H12BrN5O/c1-19-9-16-7-13(19)14(21)18-10-6-17-20(8-10)12-5-3-2-4-11(12)15/h2-9H,1H3,(H,18,21). The van der Waals surface area contributed by atoms with E-state index in [9.17, 15) is 4.79 Å². The van der Waals surface area contributed by atoms with Crippen LogP contribution in [0.2, 0.25) is 0 Å². The maximum Gasteiger partial charge on any atom is 0.274 e. The molecule has 0 aliphatic carbocycles. The van der Waals surface area contributed by atoms with E-state index in [1.54, 1.807) is 35.0 Å². The molecule has 0 unspecified atom stereocenters. The number of hydrogen-bond donors (Lipinski definition) is 1. The Bertz CT molecular complexity index is 792. The summed E-state index contributed by atoms with van der Waals surface area (Å²) in [6, 6.07) is 7.73. The lowest BCUT2D eigenvalue weighted by molar-refractivity contribution is 0.101. The Kier molecular flexibility index (Phi) is 3.57. The van der Waals surface area contributed by atoms with E-state index in [-0.39, 0.29) is 5.91 Å². The molecule has 0 aliphatic rings. The van der Waals surface area contributed by atoms with Gasteiger partial charge in [0.15, 0.2) is 0 Å². The third-order valence-electron chi connectivity index (χ3n) is 2.99. The number of aryl methyl sites for hydroxylation is 1.